The van der Waals surface area contributed by atoms with E-state index in [0.29, 0.717) is 28.9 Å². The molecular weight excluding hydrogens is 617 g/mol. The summed E-state index contributed by atoms with van der Waals surface area (Å²) in [5.74, 6) is -4.24. The molecule has 1 amide bonds. The molecule has 10 nitrogen and oxygen atoms in total. The first kappa shape index (κ1) is 30.7. The average Bonchev–Trinajstić information content (AvgIpc) is 3.63. The third kappa shape index (κ3) is 6.01. The van der Waals surface area contributed by atoms with Crippen LogP contribution in [-0.2, 0) is 10.0 Å². The van der Waals surface area contributed by atoms with Crippen LogP contribution >= 0.6 is 11.3 Å². The zero-order chi connectivity index (χ0) is 31.4. The molecule has 2 aliphatic heterocycles. The van der Waals surface area contributed by atoms with Gasteiger partial charge in [0.15, 0.2) is 10.9 Å². The highest BCUT2D eigenvalue weighted by Gasteiger charge is 2.45. The molecule has 6 rings (SSSR count). The monoisotopic (exact) mass is 652 g/mol. The fourth-order valence-corrected chi connectivity index (χ4v) is 7.61. The zero-order valence-electron chi connectivity index (χ0n) is 24.2. The molecule has 2 aromatic carbocycles. The molecule has 1 spiro atoms. The van der Waals surface area contributed by atoms with E-state index in [0.717, 1.165) is 24.2 Å². The van der Waals surface area contributed by atoms with Crippen LogP contribution < -0.4 is 25.6 Å². The zero-order valence-corrected chi connectivity index (χ0v) is 25.8. The molecule has 3 fully saturated rings. The number of nitrogens with zero attached hydrogens (tertiary/aromatic N) is 3. The van der Waals surface area contributed by atoms with Crippen LogP contribution in [0.5, 0.6) is 0 Å². The number of halogens is 3. The van der Waals surface area contributed by atoms with Crippen molar-refractivity contribution in [3.63, 3.8) is 0 Å². The normalized spacial score (nSPS) is 20.1. The maximum absolute atomic E-state index is 16.1. The summed E-state index contributed by atoms with van der Waals surface area (Å²) in [5, 5.41) is 11.2. The summed E-state index contributed by atoms with van der Waals surface area (Å²) in [6, 6.07) is 5.97. The quantitative estimate of drug-likeness (QED) is 0.266. The van der Waals surface area contributed by atoms with Crippen LogP contribution in [0.4, 0.5) is 41.1 Å². The van der Waals surface area contributed by atoms with Crippen molar-refractivity contribution in [1.82, 2.24) is 4.98 Å². The summed E-state index contributed by atoms with van der Waals surface area (Å²) < 4.78 is 72.2. The Hall–Kier alpha value is -3.30. The van der Waals surface area contributed by atoms with E-state index in [1.807, 2.05) is 4.90 Å². The number of nitrogen functional groups attached to an aromatic ring is 1. The molecule has 238 valence electrons. The van der Waals surface area contributed by atoms with E-state index in [-0.39, 0.29) is 46.4 Å². The van der Waals surface area contributed by atoms with Crippen molar-refractivity contribution < 1.29 is 31.5 Å². The molecule has 0 bridgehead atoms. The van der Waals surface area contributed by atoms with Gasteiger partial charge in [0.1, 0.15) is 16.5 Å². The number of carbonyl (C=O) groups is 1. The number of benzene rings is 2. The van der Waals surface area contributed by atoms with E-state index in [1.165, 1.54) is 42.9 Å². The lowest BCUT2D eigenvalue weighted by Gasteiger charge is -2.35. The predicted octanol–water partition coefficient (Wildman–Crippen LogP) is 5.01. The van der Waals surface area contributed by atoms with Gasteiger partial charge in [-0.2, -0.15) is 0 Å². The van der Waals surface area contributed by atoms with Gasteiger partial charge in [0.05, 0.1) is 33.9 Å². The number of sulfonamides is 1. The summed E-state index contributed by atoms with van der Waals surface area (Å²) in [6.07, 6.45) is 3.38. The number of nitrogens with one attached hydrogen (secondary N) is 2. The third-order valence-corrected chi connectivity index (χ3v) is 11.6. The highest BCUT2D eigenvalue weighted by molar-refractivity contribution is 7.93. The number of hydrogen-bond donors (Lipinski definition) is 4. The van der Waals surface area contributed by atoms with Gasteiger partial charge in [-0.05, 0) is 62.3 Å². The average molecular weight is 653 g/mol. The molecule has 0 unspecified atom stereocenters. The number of hydrogen-bond acceptors (Lipinski definition) is 9. The molecule has 15 heteroatoms. The van der Waals surface area contributed by atoms with Crippen LogP contribution in [0.25, 0.3) is 10.2 Å². The molecule has 44 heavy (non-hydrogen) atoms. The van der Waals surface area contributed by atoms with Gasteiger partial charge in [-0.1, -0.05) is 11.3 Å². The topological polar surface area (TPSA) is 141 Å². The Labute approximate surface area is 257 Å². The molecule has 3 aliphatic rings. The van der Waals surface area contributed by atoms with Gasteiger partial charge >= 0.3 is 0 Å². The molecule has 1 aromatic heterocycles. The number of alkyl halides is 2. The number of piperidine rings is 2. The smallest absolute Gasteiger partial charge is 0.257 e. The van der Waals surface area contributed by atoms with E-state index < -0.39 is 52.4 Å². The van der Waals surface area contributed by atoms with Crippen LogP contribution in [0.3, 0.4) is 0 Å². The first-order valence-electron chi connectivity index (χ1n) is 14.6. The maximum Gasteiger partial charge on any atom is 0.257 e. The summed E-state index contributed by atoms with van der Waals surface area (Å²) in [6.45, 7) is 2.01. The summed E-state index contributed by atoms with van der Waals surface area (Å²) in [5.41, 5.74) is 7.37. The van der Waals surface area contributed by atoms with Crippen LogP contribution in [0.2, 0.25) is 0 Å². The second-order valence-corrected chi connectivity index (χ2v) is 15.3. The van der Waals surface area contributed by atoms with Gasteiger partial charge in [0.25, 0.3) is 11.8 Å². The van der Waals surface area contributed by atoms with Crippen molar-refractivity contribution >= 4 is 65.4 Å². The SMILES string of the molecule is C[C@H](CO)S(=O)(=O)Nc1ccc(C(=O)Nc2cc3sc(N)nc3c(N3CCC(F)(F)CC3)c2F)c(N2CCC3(CC2)CC3)c1. The summed E-state index contributed by atoms with van der Waals surface area (Å²) in [4.78, 5) is 21.6. The van der Waals surface area contributed by atoms with Crippen LogP contribution in [0.15, 0.2) is 24.3 Å². The van der Waals surface area contributed by atoms with Crippen molar-refractivity contribution in [2.45, 2.75) is 56.6 Å². The summed E-state index contributed by atoms with van der Waals surface area (Å²) in [7, 11) is -3.88. The number of fused-ring (bicyclic) bond motifs is 1. The van der Waals surface area contributed by atoms with Crippen LogP contribution in [0, 0.1) is 11.2 Å². The Kier molecular flexibility index (Phi) is 7.85. The van der Waals surface area contributed by atoms with Gasteiger partial charge in [0, 0.05) is 39.0 Å². The van der Waals surface area contributed by atoms with Gasteiger partial charge in [-0.15, -0.1) is 0 Å². The number of rotatable bonds is 8. The van der Waals surface area contributed by atoms with Crippen molar-refractivity contribution in [1.29, 1.82) is 0 Å². The molecular formula is C29H35F3N6O4S2. The number of aliphatic hydroxyl groups is 1. The minimum atomic E-state index is -3.88. The second kappa shape index (κ2) is 11.2. The Bertz CT molecular complexity index is 1690. The first-order valence-corrected chi connectivity index (χ1v) is 17.0. The lowest BCUT2D eigenvalue weighted by molar-refractivity contribution is -0.0221. The van der Waals surface area contributed by atoms with Crippen LogP contribution in [0.1, 0.15) is 55.8 Å². The molecule has 1 atom stereocenters. The lowest BCUT2D eigenvalue weighted by Crippen LogP contribution is -2.40. The van der Waals surface area contributed by atoms with E-state index in [1.54, 1.807) is 6.07 Å². The van der Waals surface area contributed by atoms with Crippen molar-refractivity contribution in [3.8, 4) is 0 Å². The van der Waals surface area contributed by atoms with E-state index in [9.17, 15) is 27.1 Å². The van der Waals surface area contributed by atoms with Gasteiger partial charge in [-0.3, -0.25) is 9.52 Å². The molecule has 3 aromatic rings. The Morgan fingerprint density at radius 1 is 1.09 bits per heavy atom. The number of thiazole rings is 1. The molecule has 0 radical (unpaired) electrons. The number of amides is 1. The summed E-state index contributed by atoms with van der Waals surface area (Å²) >= 11 is 1.10. The fraction of sp³-hybridized carbons (Fsp3) is 0.517. The highest BCUT2D eigenvalue weighted by atomic mass is 32.2. The predicted molar refractivity (Wildman–Crippen MR) is 167 cm³/mol. The number of nitrogens with two attached hydrogens (primary N) is 1. The Morgan fingerprint density at radius 3 is 2.39 bits per heavy atom. The Morgan fingerprint density at radius 2 is 1.75 bits per heavy atom. The van der Waals surface area contributed by atoms with Gasteiger partial charge in [-0.25, -0.2) is 26.6 Å². The van der Waals surface area contributed by atoms with Crippen molar-refractivity contribution in [2.24, 2.45) is 5.41 Å². The van der Waals surface area contributed by atoms with Crippen molar-refractivity contribution in [2.75, 3.05) is 58.4 Å². The van der Waals surface area contributed by atoms with Gasteiger partial charge in [0.2, 0.25) is 10.0 Å². The highest BCUT2D eigenvalue weighted by Crippen LogP contribution is 2.54. The minimum absolute atomic E-state index is 0.0231. The minimum Gasteiger partial charge on any atom is -0.395 e. The number of aliphatic hydroxyl groups excluding tert-OH is 1. The molecule has 1 saturated carbocycles. The fourth-order valence-electron chi connectivity index (χ4n) is 5.98. The van der Waals surface area contributed by atoms with E-state index in [2.05, 4.69) is 15.0 Å². The van der Waals surface area contributed by atoms with Crippen molar-refractivity contribution in [3.05, 3.63) is 35.6 Å². The molecule has 5 N–H and O–H groups in total. The largest absolute Gasteiger partial charge is 0.395 e. The molecule has 1 aliphatic carbocycles. The van der Waals surface area contributed by atoms with Crippen LogP contribution in [-0.4, -0.2) is 68.4 Å². The lowest BCUT2D eigenvalue weighted by atomic mass is 9.93. The van der Waals surface area contributed by atoms with E-state index >= 15 is 4.39 Å². The second-order valence-electron chi connectivity index (χ2n) is 12.1. The molecule has 2 saturated heterocycles. The maximum atomic E-state index is 16.1. The third-order valence-electron chi connectivity index (χ3n) is 9.08. The standard InChI is InChI=1S/C29H35F3N6O4S2/c1-17(16-39)44(41,42)36-18-2-3-19(21(14-18)37-10-6-28(4-5-28)7-11-37)26(40)34-20-15-22-24(35-27(33)43-22)25(23(20)30)38-12-8-29(31,32)9-13-38/h2-3,14-15,17,36,39H,4-13,16H2,1H3,(H2,33,35)(H,34,40)/t17-/m1/s1. The number of anilines is 5. The Balaban J connectivity index is 1.34. The van der Waals surface area contributed by atoms with Gasteiger partial charge < -0.3 is 26.0 Å². The first-order chi connectivity index (χ1) is 20.8. The van der Waals surface area contributed by atoms with E-state index in [4.69, 9.17) is 5.73 Å². The number of carbonyl (C=O) groups excluding carboxylic acids is 1. The number of aromatic nitrogens is 1. The molecule has 3 heterocycles.